The van der Waals surface area contributed by atoms with Gasteiger partial charge in [0.15, 0.2) is 11.4 Å². The number of hydrogen-bond donors (Lipinski definition) is 1. The van der Waals surface area contributed by atoms with E-state index in [4.69, 9.17) is 10.7 Å². The third-order valence-electron chi connectivity index (χ3n) is 1.58. The van der Waals surface area contributed by atoms with Crippen LogP contribution in [0.3, 0.4) is 0 Å². The number of nitriles is 1. The van der Waals surface area contributed by atoms with Crippen LogP contribution in [0.5, 0.6) is 0 Å². The molecule has 0 amide bonds. The van der Waals surface area contributed by atoms with Gasteiger partial charge in [0.1, 0.15) is 0 Å². The van der Waals surface area contributed by atoms with Crippen molar-refractivity contribution < 1.29 is 0 Å². The normalized spacial score (nSPS) is 9.21. The van der Waals surface area contributed by atoms with Gasteiger partial charge in [0.2, 0.25) is 0 Å². The highest BCUT2D eigenvalue weighted by Gasteiger charge is 2.09. The Balaban J connectivity index is 2.97. The number of thioether (sulfide) groups is 1. The zero-order chi connectivity index (χ0) is 10.6. The molecule has 0 heterocycles. The fourth-order valence-electron chi connectivity index (χ4n) is 0.902. The number of amidine groups is 1. The zero-order valence-electron chi connectivity index (χ0n) is 7.49. The summed E-state index contributed by atoms with van der Waals surface area (Å²) >= 11 is 3.44. The number of hydrogen-bond acceptors (Lipinski definition) is 3. The van der Waals surface area contributed by atoms with Gasteiger partial charge in [-0.25, -0.2) is 4.90 Å². The predicted molar refractivity (Wildman–Crippen MR) is 68.5 cm³/mol. The summed E-state index contributed by atoms with van der Waals surface area (Å²) in [4.78, 5) is 1.29. The molecule has 1 N–H and O–H groups in total. The maximum absolute atomic E-state index is 8.87. The highest BCUT2D eigenvalue weighted by molar-refractivity contribution is 14.1. The largest absolute Gasteiger partial charge is 0.278 e. The van der Waals surface area contributed by atoms with Crippen molar-refractivity contribution in [3.8, 4) is 6.19 Å². The molecular weight excluding hydrogens is 309 g/mol. The smallest absolute Gasteiger partial charge is 0.191 e. The van der Waals surface area contributed by atoms with E-state index in [0.29, 0.717) is 0 Å². The van der Waals surface area contributed by atoms with Crippen molar-refractivity contribution >= 4 is 45.2 Å². The molecule has 0 spiro atoms. The van der Waals surface area contributed by atoms with Gasteiger partial charge in [-0.3, -0.25) is 5.41 Å². The second-order valence-electron chi connectivity index (χ2n) is 2.42. The SMILES string of the molecule is CSC(=N)N(C#N)c1ccc(I)cc1. The fraction of sp³-hybridized carbons (Fsp3) is 0.111. The summed E-state index contributed by atoms with van der Waals surface area (Å²) in [5.74, 6) is 0. The van der Waals surface area contributed by atoms with Gasteiger partial charge in [0, 0.05) is 3.57 Å². The highest BCUT2D eigenvalue weighted by atomic mass is 127. The molecule has 0 aliphatic carbocycles. The molecule has 0 aromatic heterocycles. The monoisotopic (exact) mass is 317 g/mol. The Labute approximate surface area is 101 Å². The first-order valence-electron chi connectivity index (χ1n) is 3.77. The second-order valence-corrected chi connectivity index (χ2v) is 4.46. The molecule has 1 rings (SSSR count). The van der Waals surface area contributed by atoms with Crippen molar-refractivity contribution in [2.24, 2.45) is 0 Å². The lowest BCUT2D eigenvalue weighted by Crippen LogP contribution is -2.21. The molecule has 0 unspecified atom stereocenters. The third kappa shape index (κ3) is 2.62. The molecule has 14 heavy (non-hydrogen) atoms. The molecule has 3 nitrogen and oxygen atoms in total. The van der Waals surface area contributed by atoms with Crippen LogP contribution in [0.4, 0.5) is 5.69 Å². The van der Waals surface area contributed by atoms with Crippen LogP contribution in [0.1, 0.15) is 0 Å². The van der Waals surface area contributed by atoms with Crippen LogP contribution >= 0.6 is 34.4 Å². The topological polar surface area (TPSA) is 50.9 Å². The Morgan fingerprint density at radius 3 is 2.50 bits per heavy atom. The van der Waals surface area contributed by atoms with Crippen LogP contribution < -0.4 is 4.90 Å². The van der Waals surface area contributed by atoms with E-state index >= 15 is 0 Å². The van der Waals surface area contributed by atoms with E-state index in [9.17, 15) is 0 Å². The molecule has 0 saturated heterocycles. The van der Waals surface area contributed by atoms with Crippen molar-refractivity contribution in [1.29, 1.82) is 10.7 Å². The molecule has 1 aromatic rings. The molecule has 72 valence electrons. The molecule has 0 aliphatic rings. The summed E-state index contributed by atoms with van der Waals surface area (Å²) < 4.78 is 1.11. The Morgan fingerprint density at radius 2 is 2.07 bits per heavy atom. The molecule has 1 aromatic carbocycles. The summed E-state index contributed by atoms with van der Waals surface area (Å²) in [5, 5.41) is 16.7. The lowest BCUT2D eigenvalue weighted by molar-refractivity contribution is 1.31. The minimum absolute atomic E-state index is 0.230. The van der Waals surface area contributed by atoms with Gasteiger partial charge in [-0.05, 0) is 53.1 Å². The molecule has 0 atom stereocenters. The number of rotatable bonds is 1. The van der Waals surface area contributed by atoms with Crippen LogP contribution in [-0.2, 0) is 0 Å². The van der Waals surface area contributed by atoms with Gasteiger partial charge in [-0.1, -0.05) is 11.8 Å². The summed E-state index contributed by atoms with van der Waals surface area (Å²) in [6.07, 6.45) is 3.75. The molecule has 0 radical (unpaired) electrons. The number of benzene rings is 1. The van der Waals surface area contributed by atoms with Gasteiger partial charge in [-0.15, -0.1) is 0 Å². The van der Waals surface area contributed by atoms with Crippen molar-refractivity contribution in [2.75, 3.05) is 11.2 Å². The fourth-order valence-corrected chi connectivity index (χ4v) is 1.59. The average Bonchev–Trinajstić information content (AvgIpc) is 2.21. The van der Waals surface area contributed by atoms with E-state index in [1.165, 1.54) is 16.7 Å². The summed E-state index contributed by atoms with van der Waals surface area (Å²) in [5.41, 5.74) is 0.729. The number of anilines is 1. The highest BCUT2D eigenvalue weighted by Crippen LogP contribution is 2.18. The quantitative estimate of drug-likeness (QED) is 0.285. The van der Waals surface area contributed by atoms with Crippen molar-refractivity contribution in [1.82, 2.24) is 0 Å². The Hall–Kier alpha value is -0.740. The molecule has 0 fully saturated rings. The van der Waals surface area contributed by atoms with Crippen LogP contribution in [0.2, 0.25) is 0 Å². The van der Waals surface area contributed by atoms with Crippen molar-refractivity contribution in [3.05, 3.63) is 27.8 Å². The summed E-state index contributed by atoms with van der Waals surface area (Å²) in [6.45, 7) is 0. The Bertz CT molecular complexity index is 369. The number of nitrogens with one attached hydrogen (secondary N) is 1. The number of nitrogens with zero attached hydrogens (tertiary/aromatic N) is 2. The van der Waals surface area contributed by atoms with E-state index in [0.717, 1.165) is 9.26 Å². The van der Waals surface area contributed by atoms with Gasteiger partial charge < -0.3 is 0 Å². The van der Waals surface area contributed by atoms with Crippen LogP contribution in [0.25, 0.3) is 0 Å². The molecular formula is C9H8IN3S. The first-order chi connectivity index (χ1) is 6.69. The average molecular weight is 317 g/mol. The first-order valence-corrected chi connectivity index (χ1v) is 6.07. The Kier molecular flexibility index (Phi) is 4.22. The van der Waals surface area contributed by atoms with Crippen molar-refractivity contribution in [2.45, 2.75) is 0 Å². The summed E-state index contributed by atoms with van der Waals surface area (Å²) in [6, 6.07) is 7.48. The molecule has 0 bridgehead atoms. The van der Waals surface area contributed by atoms with Gasteiger partial charge in [-0.2, -0.15) is 5.26 Å². The molecule has 0 saturated carbocycles. The maximum Gasteiger partial charge on any atom is 0.191 e. The predicted octanol–water partition coefficient (Wildman–Crippen LogP) is 2.88. The summed E-state index contributed by atoms with van der Waals surface area (Å²) in [7, 11) is 0. The van der Waals surface area contributed by atoms with E-state index in [1.807, 2.05) is 30.5 Å². The lowest BCUT2D eigenvalue weighted by Gasteiger charge is -2.14. The molecule has 0 aliphatic heterocycles. The first kappa shape index (κ1) is 11.3. The van der Waals surface area contributed by atoms with Crippen LogP contribution in [-0.4, -0.2) is 11.4 Å². The lowest BCUT2D eigenvalue weighted by atomic mass is 10.3. The molecule has 5 heteroatoms. The minimum atomic E-state index is 0.230. The second kappa shape index (κ2) is 5.22. The zero-order valence-corrected chi connectivity index (χ0v) is 10.5. The van der Waals surface area contributed by atoms with Crippen LogP contribution in [0.15, 0.2) is 24.3 Å². The van der Waals surface area contributed by atoms with Gasteiger partial charge in [0.25, 0.3) is 0 Å². The Morgan fingerprint density at radius 1 is 1.50 bits per heavy atom. The van der Waals surface area contributed by atoms with Crippen molar-refractivity contribution in [3.63, 3.8) is 0 Å². The number of halogens is 1. The van der Waals surface area contributed by atoms with Crippen LogP contribution in [0, 0.1) is 20.4 Å². The van der Waals surface area contributed by atoms with E-state index in [1.54, 1.807) is 6.26 Å². The van der Waals surface area contributed by atoms with E-state index in [2.05, 4.69) is 22.6 Å². The van der Waals surface area contributed by atoms with E-state index < -0.39 is 0 Å². The maximum atomic E-state index is 8.87. The van der Waals surface area contributed by atoms with Gasteiger partial charge in [0.05, 0.1) is 5.69 Å². The minimum Gasteiger partial charge on any atom is -0.278 e. The standard InChI is InChI=1S/C9H8IN3S/c1-14-9(12)13(6-11)8-4-2-7(10)3-5-8/h2-5,12H,1H3. The third-order valence-corrected chi connectivity index (χ3v) is 2.87. The van der Waals surface area contributed by atoms with E-state index in [-0.39, 0.29) is 5.17 Å². The van der Waals surface area contributed by atoms with Gasteiger partial charge >= 0.3 is 0 Å².